The van der Waals surface area contributed by atoms with Crippen molar-refractivity contribution >= 4 is 33.5 Å². The maximum Gasteiger partial charge on any atom is 0.374 e. The predicted octanol–water partition coefficient (Wildman–Crippen LogP) is 4.00. The summed E-state index contributed by atoms with van der Waals surface area (Å²) in [6.07, 6.45) is 2.28. The lowest BCUT2D eigenvalue weighted by Gasteiger charge is -2.13. The van der Waals surface area contributed by atoms with E-state index in [2.05, 4.69) is 26.5 Å². The highest BCUT2D eigenvalue weighted by atomic mass is 79.9. The predicted molar refractivity (Wildman–Crippen MR) is 100 cm³/mol. The van der Waals surface area contributed by atoms with Gasteiger partial charge in [-0.3, -0.25) is 4.79 Å². The molecule has 0 unspecified atom stereocenters. The molecule has 0 aliphatic heterocycles. The Hall–Kier alpha value is -2.41. The summed E-state index contributed by atoms with van der Waals surface area (Å²) in [6.45, 7) is 3.85. The van der Waals surface area contributed by atoms with E-state index < -0.39 is 5.97 Å². The molecule has 1 N–H and O–H groups in total. The zero-order valence-corrected chi connectivity index (χ0v) is 16.2. The number of ether oxygens (including phenoxy) is 1. The van der Waals surface area contributed by atoms with Gasteiger partial charge in [-0.15, -0.1) is 0 Å². The van der Waals surface area contributed by atoms with Gasteiger partial charge in [0.25, 0.3) is 5.91 Å². The van der Waals surface area contributed by atoms with Crippen LogP contribution < -0.4 is 5.43 Å². The average molecular weight is 419 g/mol. The summed E-state index contributed by atoms with van der Waals surface area (Å²) < 4.78 is 11.7. The minimum absolute atomic E-state index is 0.214. The molecular weight excluding hydrogens is 400 g/mol. The summed E-state index contributed by atoms with van der Waals surface area (Å²) in [5, 5.41) is 4.30. The van der Waals surface area contributed by atoms with E-state index in [0.29, 0.717) is 29.0 Å². The lowest BCUT2D eigenvalue weighted by Crippen LogP contribution is -2.22. The third-order valence-corrected chi connectivity index (χ3v) is 4.71. The molecule has 0 fully saturated rings. The minimum atomic E-state index is -0.474. The number of rotatable bonds is 4. The van der Waals surface area contributed by atoms with Gasteiger partial charge in [0.1, 0.15) is 5.76 Å². The molecule has 26 heavy (non-hydrogen) atoms. The monoisotopic (exact) mass is 418 g/mol. The number of halogens is 1. The average Bonchev–Trinajstić information content (AvgIpc) is 2.98. The fraction of sp³-hybridized carbons (Fsp3) is 0.316. The summed E-state index contributed by atoms with van der Waals surface area (Å²) in [7, 11) is 0. The molecule has 0 radical (unpaired) electrons. The molecule has 0 saturated carbocycles. The molecule has 0 bridgehead atoms. The van der Waals surface area contributed by atoms with E-state index in [1.165, 1.54) is 0 Å². The Labute approximate surface area is 159 Å². The fourth-order valence-corrected chi connectivity index (χ4v) is 3.22. The van der Waals surface area contributed by atoms with Crippen molar-refractivity contribution in [2.24, 2.45) is 5.10 Å². The van der Waals surface area contributed by atoms with E-state index in [0.717, 1.165) is 22.9 Å². The van der Waals surface area contributed by atoms with Gasteiger partial charge in [-0.1, -0.05) is 15.9 Å². The van der Waals surface area contributed by atoms with Gasteiger partial charge in [0.05, 0.1) is 12.3 Å². The smallest absolute Gasteiger partial charge is 0.374 e. The van der Waals surface area contributed by atoms with Crippen molar-refractivity contribution in [1.29, 1.82) is 0 Å². The highest BCUT2D eigenvalue weighted by molar-refractivity contribution is 9.10. The Bertz CT molecular complexity index is 868. The number of hydrogen-bond donors (Lipinski definition) is 1. The Morgan fingerprint density at radius 3 is 2.69 bits per heavy atom. The van der Waals surface area contributed by atoms with Crippen LogP contribution in [0.25, 0.3) is 0 Å². The molecule has 1 amide bonds. The van der Waals surface area contributed by atoms with Crippen molar-refractivity contribution in [3.8, 4) is 0 Å². The molecule has 1 aliphatic rings. The van der Waals surface area contributed by atoms with E-state index >= 15 is 0 Å². The first-order valence-corrected chi connectivity index (χ1v) is 9.22. The van der Waals surface area contributed by atoms with E-state index in [9.17, 15) is 9.59 Å². The maximum absolute atomic E-state index is 12.3. The van der Waals surface area contributed by atoms with Gasteiger partial charge < -0.3 is 9.15 Å². The van der Waals surface area contributed by atoms with Gasteiger partial charge >= 0.3 is 5.97 Å². The minimum Gasteiger partial charge on any atom is -0.460 e. The van der Waals surface area contributed by atoms with Crippen molar-refractivity contribution < 1.29 is 18.7 Å². The number of carbonyl (C=O) groups is 2. The van der Waals surface area contributed by atoms with Crippen LogP contribution >= 0.6 is 15.9 Å². The van der Waals surface area contributed by atoms with Crippen LogP contribution in [0.4, 0.5) is 0 Å². The summed E-state index contributed by atoms with van der Waals surface area (Å²) in [4.78, 5) is 24.3. The van der Waals surface area contributed by atoms with Crippen LogP contribution in [-0.4, -0.2) is 24.2 Å². The molecular formula is C19H19BrN2O4. The summed E-state index contributed by atoms with van der Waals surface area (Å²) >= 11 is 3.34. The number of fused-ring (bicyclic) bond motifs is 1. The standard InChI is InChI=1S/C19H19BrN2O4/c1-3-25-19(24)17-11(2)16-14(5-4-6-15(16)26-17)21-22-18(23)12-7-9-13(20)10-8-12/h7-10H,3-6H2,1-2H3,(H,22,23)/b21-14+. The highest BCUT2D eigenvalue weighted by Gasteiger charge is 2.28. The SMILES string of the molecule is CCOC(=O)c1oc2c(c1C)/C(=N/NC(=O)c1ccc(Br)cc1)CCC2. The number of esters is 1. The van der Waals surface area contributed by atoms with Crippen LogP contribution in [0.2, 0.25) is 0 Å². The number of hydrogen-bond acceptors (Lipinski definition) is 5. The molecule has 0 spiro atoms. The largest absolute Gasteiger partial charge is 0.460 e. The Morgan fingerprint density at radius 2 is 2.00 bits per heavy atom. The highest BCUT2D eigenvalue weighted by Crippen LogP contribution is 2.30. The quantitative estimate of drug-likeness (QED) is 0.600. The molecule has 1 aromatic heterocycles. The normalized spacial score (nSPS) is 14.8. The number of amides is 1. The van der Waals surface area contributed by atoms with Crippen LogP contribution in [-0.2, 0) is 11.2 Å². The first-order valence-electron chi connectivity index (χ1n) is 8.43. The Balaban J connectivity index is 1.84. The summed E-state index contributed by atoms with van der Waals surface area (Å²) in [5.41, 5.74) is 5.34. The van der Waals surface area contributed by atoms with Crippen LogP contribution in [0.3, 0.4) is 0 Å². The van der Waals surface area contributed by atoms with Crippen molar-refractivity contribution in [2.45, 2.75) is 33.1 Å². The summed E-state index contributed by atoms with van der Waals surface area (Å²) in [5.74, 6) is 0.167. The Morgan fingerprint density at radius 1 is 1.27 bits per heavy atom. The second kappa shape index (κ2) is 7.86. The third kappa shape index (κ3) is 3.72. The number of nitrogens with one attached hydrogen (secondary N) is 1. The lowest BCUT2D eigenvalue weighted by molar-refractivity contribution is 0.0486. The van der Waals surface area contributed by atoms with Crippen LogP contribution in [0, 0.1) is 6.92 Å². The van der Waals surface area contributed by atoms with Gasteiger partial charge in [0.2, 0.25) is 5.76 Å². The number of nitrogens with zero attached hydrogens (tertiary/aromatic N) is 1. The molecule has 1 aromatic carbocycles. The first kappa shape index (κ1) is 18.4. The second-order valence-corrected chi connectivity index (χ2v) is 6.85. The molecule has 6 nitrogen and oxygen atoms in total. The number of carbonyl (C=O) groups excluding carboxylic acids is 2. The number of aryl methyl sites for hydroxylation is 1. The molecule has 7 heteroatoms. The third-order valence-electron chi connectivity index (χ3n) is 4.19. The topological polar surface area (TPSA) is 80.9 Å². The van der Waals surface area contributed by atoms with E-state index in [4.69, 9.17) is 9.15 Å². The van der Waals surface area contributed by atoms with Crippen LogP contribution in [0.5, 0.6) is 0 Å². The molecule has 1 aliphatic carbocycles. The van der Waals surface area contributed by atoms with Gasteiger partial charge in [-0.2, -0.15) is 5.10 Å². The molecule has 0 saturated heterocycles. The van der Waals surface area contributed by atoms with Crippen LogP contribution in [0.1, 0.15) is 57.6 Å². The zero-order valence-electron chi connectivity index (χ0n) is 14.6. The summed E-state index contributed by atoms with van der Waals surface area (Å²) in [6, 6.07) is 7.03. The zero-order chi connectivity index (χ0) is 18.7. The second-order valence-electron chi connectivity index (χ2n) is 5.93. The maximum atomic E-state index is 12.3. The fourth-order valence-electron chi connectivity index (χ4n) is 2.96. The molecule has 0 atom stereocenters. The van der Waals surface area contributed by atoms with Crippen molar-refractivity contribution in [3.05, 3.63) is 56.9 Å². The molecule has 136 valence electrons. The molecule has 3 rings (SSSR count). The Kier molecular flexibility index (Phi) is 5.56. The van der Waals surface area contributed by atoms with Crippen molar-refractivity contribution in [1.82, 2.24) is 5.43 Å². The van der Waals surface area contributed by atoms with Gasteiger partial charge in [0.15, 0.2) is 0 Å². The van der Waals surface area contributed by atoms with E-state index in [-0.39, 0.29) is 18.3 Å². The van der Waals surface area contributed by atoms with E-state index in [1.807, 2.05) is 6.92 Å². The molecule has 1 heterocycles. The van der Waals surface area contributed by atoms with Gasteiger partial charge in [-0.25, -0.2) is 10.2 Å². The van der Waals surface area contributed by atoms with Crippen molar-refractivity contribution in [2.75, 3.05) is 6.61 Å². The lowest BCUT2D eigenvalue weighted by atomic mass is 9.93. The van der Waals surface area contributed by atoms with Crippen molar-refractivity contribution in [3.63, 3.8) is 0 Å². The number of furan rings is 1. The number of hydrazone groups is 1. The van der Waals surface area contributed by atoms with E-state index in [1.54, 1.807) is 31.2 Å². The van der Waals surface area contributed by atoms with Gasteiger partial charge in [-0.05, 0) is 51.0 Å². The molecule has 2 aromatic rings. The van der Waals surface area contributed by atoms with Gasteiger partial charge in [0, 0.05) is 27.6 Å². The number of benzene rings is 1. The van der Waals surface area contributed by atoms with Crippen LogP contribution in [0.15, 0.2) is 38.3 Å². The first-order chi connectivity index (χ1) is 12.5.